The number of sulfonamides is 1. The molecule has 0 bridgehead atoms. The molecular formula is C29H37N3O7S. The zero-order chi connectivity index (χ0) is 28.7. The first-order valence-electron chi connectivity index (χ1n) is 13.6. The highest BCUT2D eigenvalue weighted by molar-refractivity contribution is 7.89. The third-order valence-electron chi connectivity index (χ3n) is 7.67. The summed E-state index contributed by atoms with van der Waals surface area (Å²) >= 11 is 0. The number of ether oxygens (including phenoxy) is 2. The second-order valence-corrected chi connectivity index (χ2v) is 12.1. The minimum absolute atomic E-state index is 0.0751. The Kier molecular flexibility index (Phi) is 9.80. The highest BCUT2D eigenvalue weighted by Gasteiger charge is 2.42. The molecule has 40 heavy (non-hydrogen) atoms. The van der Waals surface area contributed by atoms with E-state index in [-0.39, 0.29) is 42.8 Å². The van der Waals surface area contributed by atoms with Crippen molar-refractivity contribution in [1.29, 1.82) is 0 Å². The zero-order valence-corrected chi connectivity index (χ0v) is 23.8. The number of hydrogen-bond donors (Lipinski definition) is 1. The summed E-state index contributed by atoms with van der Waals surface area (Å²) in [6, 6.07) is 13.0. The van der Waals surface area contributed by atoms with E-state index in [1.54, 1.807) is 49.6 Å². The number of benzene rings is 2. The van der Waals surface area contributed by atoms with Crippen molar-refractivity contribution in [3.8, 4) is 5.75 Å². The molecule has 2 atom stereocenters. The molecule has 2 aromatic rings. The van der Waals surface area contributed by atoms with Crippen LogP contribution in [-0.2, 0) is 35.6 Å². The third-order valence-corrected chi connectivity index (χ3v) is 9.54. The molecule has 0 unspecified atom stereocenters. The van der Waals surface area contributed by atoms with Crippen LogP contribution in [0.1, 0.15) is 37.7 Å². The van der Waals surface area contributed by atoms with E-state index >= 15 is 0 Å². The Morgan fingerprint density at radius 2 is 1.62 bits per heavy atom. The zero-order valence-electron chi connectivity index (χ0n) is 23.0. The summed E-state index contributed by atoms with van der Waals surface area (Å²) in [7, 11) is -1.10. The SMILES string of the molecule is COC(=O)[C@H](Cc1ccc(OC)cc1)NC(=O)[C@H]1CN(S(=O)(=O)c2ccccc2)CCN1C(=O)C1CCCCC1. The van der Waals surface area contributed by atoms with Gasteiger partial charge in [0.05, 0.1) is 19.1 Å². The predicted octanol–water partition coefficient (Wildman–Crippen LogP) is 2.38. The molecular weight excluding hydrogens is 534 g/mol. The van der Waals surface area contributed by atoms with Crippen LogP contribution in [0.25, 0.3) is 0 Å². The van der Waals surface area contributed by atoms with Gasteiger partial charge in [0.2, 0.25) is 21.8 Å². The molecule has 1 heterocycles. The van der Waals surface area contributed by atoms with E-state index in [4.69, 9.17) is 9.47 Å². The van der Waals surface area contributed by atoms with E-state index in [0.29, 0.717) is 5.75 Å². The second kappa shape index (κ2) is 13.3. The molecule has 0 spiro atoms. The summed E-state index contributed by atoms with van der Waals surface area (Å²) in [6.07, 6.45) is 4.61. The molecule has 1 N–H and O–H groups in total. The Hall–Kier alpha value is -3.44. The van der Waals surface area contributed by atoms with Crippen LogP contribution in [0.3, 0.4) is 0 Å². The summed E-state index contributed by atoms with van der Waals surface area (Å²) in [4.78, 5) is 41.7. The lowest BCUT2D eigenvalue weighted by Crippen LogP contribution is -2.63. The standard InChI is InChI=1S/C29H37N3O7S/c1-38-23-15-13-21(14-16-23)19-25(29(35)39-2)30-27(33)26-20-31(40(36,37)24-11-7-4-8-12-24)17-18-32(26)28(34)22-9-5-3-6-10-22/h4,7-8,11-16,22,25-26H,3,5-6,9-10,17-20H2,1-2H3,(H,30,33)/t25-,26+/m0/s1. The van der Waals surface area contributed by atoms with Gasteiger partial charge in [0.25, 0.3) is 0 Å². The second-order valence-electron chi connectivity index (χ2n) is 10.2. The minimum atomic E-state index is -3.90. The van der Waals surface area contributed by atoms with Crippen molar-refractivity contribution in [2.24, 2.45) is 5.92 Å². The van der Waals surface area contributed by atoms with E-state index in [1.165, 1.54) is 28.4 Å². The van der Waals surface area contributed by atoms with Gasteiger partial charge in [0.1, 0.15) is 17.8 Å². The first-order chi connectivity index (χ1) is 19.2. The van der Waals surface area contributed by atoms with E-state index in [0.717, 1.165) is 37.7 Å². The van der Waals surface area contributed by atoms with Gasteiger partial charge in [-0.05, 0) is 42.7 Å². The fourth-order valence-electron chi connectivity index (χ4n) is 5.39. The molecule has 1 aliphatic carbocycles. The Labute approximate surface area is 235 Å². The molecule has 2 aromatic carbocycles. The number of methoxy groups -OCH3 is 2. The number of nitrogens with one attached hydrogen (secondary N) is 1. The Morgan fingerprint density at radius 3 is 2.25 bits per heavy atom. The predicted molar refractivity (Wildman–Crippen MR) is 148 cm³/mol. The lowest BCUT2D eigenvalue weighted by molar-refractivity contribution is -0.149. The highest BCUT2D eigenvalue weighted by Crippen LogP contribution is 2.28. The summed E-state index contributed by atoms with van der Waals surface area (Å²) in [5.41, 5.74) is 0.767. The largest absolute Gasteiger partial charge is 0.497 e. The van der Waals surface area contributed by atoms with E-state index in [9.17, 15) is 22.8 Å². The van der Waals surface area contributed by atoms with Crippen molar-refractivity contribution < 1.29 is 32.3 Å². The Balaban J connectivity index is 1.58. The lowest BCUT2D eigenvalue weighted by atomic mass is 9.87. The average Bonchev–Trinajstić information content (AvgIpc) is 3.00. The molecule has 0 aromatic heterocycles. The molecule has 4 rings (SSSR count). The van der Waals surface area contributed by atoms with Gasteiger partial charge in [0, 0.05) is 32.0 Å². The van der Waals surface area contributed by atoms with Crippen molar-refractivity contribution in [2.45, 2.75) is 55.5 Å². The summed E-state index contributed by atoms with van der Waals surface area (Å²) in [5, 5.41) is 2.75. The first kappa shape index (κ1) is 29.5. The van der Waals surface area contributed by atoms with Crippen LogP contribution in [0.5, 0.6) is 5.75 Å². The maximum atomic E-state index is 13.8. The molecule has 10 nitrogen and oxygen atoms in total. The molecule has 216 valence electrons. The average molecular weight is 572 g/mol. The van der Waals surface area contributed by atoms with E-state index in [1.807, 2.05) is 0 Å². The van der Waals surface area contributed by atoms with Crippen LogP contribution in [-0.4, -0.2) is 81.3 Å². The number of rotatable bonds is 9. The number of carbonyl (C=O) groups excluding carboxylic acids is 3. The van der Waals surface area contributed by atoms with Gasteiger partial charge in [-0.1, -0.05) is 49.6 Å². The van der Waals surface area contributed by atoms with Crippen LogP contribution >= 0.6 is 0 Å². The maximum Gasteiger partial charge on any atom is 0.328 e. The number of hydrogen-bond acceptors (Lipinski definition) is 7. The van der Waals surface area contributed by atoms with Crippen LogP contribution in [0, 0.1) is 5.92 Å². The topological polar surface area (TPSA) is 122 Å². The number of amides is 2. The van der Waals surface area contributed by atoms with Crippen LogP contribution < -0.4 is 10.1 Å². The molecule has 2 amide bonds. The lowest BCUT2D eigenvalue weighted by Gasteiger charge is -2.42. The normalized spacial score (nSPS) is 19.4. The molecule has 1 saturated carbocycles. The third kappa shape index (κ3) is 6.82. The molecule has 1 aliphatic heterocycles. The maximum absolute atomic E-state index is 13.8. The monoisotopic (exact) mass is 571 g/mol. The number of piperazine rings is 1. The smallest absolute Gasteiger partial charge is 0.328 e. The van der Waals surface area contributed by atoms with Gasteiger partial charge >= 0.3 is 5.97 Å². The fraction of sp³-hybridized carbons (Fsp3) is 0.483. The van der Waals surface area contributed by atoms with Gasteiger partial charge < -0.3 is 19.7 Å². The number of nitrogens with zero attached hydrogens (tertiary/aromatic N) is 2. The first-order valence-corrected chi connectivity index (χ1v) is 15.1. The quantitative estimate of drug-likeness (QED) is 0.459. The molecule has 11 heteroatoms. The van der Waals surface area contributed by atoms with Crippen LogP contribution in [0.4, 0.5) is 0 Å². The summed E-state index contributed by atoms with van der Waals surface area (Å²) in [5.74, 6) is -0.917. The summed E-state index contributed by atoms with van der Waals surface area (Å²) < 4.78 is 38.2. The Bertz CT molecular complexity index is 1280. The van der Waals surface area contributed by atoms with Gasteiger partial charge in [-0.2, -0.15) is 4.31 Å². The van der Waals surface area contributed by atoms with Crippen LogP contribution in [0.2, 0.25) is 0 Å². The number of esters is 1. The van der Waals surface area contributed by atoms with E-state index in [2.05, 4.69) is 5.32 Å². The molecule has 2 aliphatic rings. The van der Waals surface area contributed by atoms with Gasteiger partial charge in [0.15, 0.2) is 0 Å². The van der Waals surface area contributed by atoms with Gasteiger partial charge in [-0.25, -0.2) is 13.2 Å². The number of carbonyl (C=O) groups is 3. The van der Waals surface area contributed by atoms with E-state index < -0.39 is 34.0 Å². The van der Waals surface area contributed by atoms with Crippen LogP contribution in [0.15, 0.2) is 59.5 Å². The fourth-order valence-corrected chi connectivity index (χ4v) is 6.85. The van der Waals surface area contributed by atoms with Crippen molar-refractivity contribution >= 4 is 27.8 Å². The molecule has 2 fully saturated rings. The molecule has 0 radical (unpaired) electrons. The summed E-state index contributed by atoms with van der Waals surface area (Å²) in [6.45, 7) is -0.0510. The van der Waals surface area contributed by atoms with Crippen molar-refractivity contribution in [1.82, 2.24) is 14.5 Å². The van der Waals surface area contributed by atoms with Crippen molar-refractivity contribution in [2.75, 3.05) is 33.9 Å². The van der Waals surface area contributed by atoms with Gasteiger partial charge in [-0.15, -0.1) is 0 Å². The van der Waals surface area contributed by atoms with Gasteiger partial charge in [-0.3, -0.25) is 9.59 Å². The minimum Gasteiger partial charge on any atom is -0.497 e. The Morgan fingerprint density at radius 1 is 0.950 bits per heavy atom. The molecule has 1 saturated heterocycles. The van der Waals surface area contributed by atoms with Crippen molar-refractivity contribution in [3.63, 3.8) is 0 Å². The van der Waals surface area contributed by atoms with Crippen molar-refractivity contribution in [3.05, 3.63) is 60.2 Å². The highest BCUT2D eigenvalue weighted by atomic mass is 32.2.